The predicted molar refractivity (Wildman–Crippen MR) is 72.7 cm³/mol. The lowest BCUT2D eigenvalue weighted by molar-refractivity contribution is 0.0771. The molecule has 4 heteroatoms. The average molecular weight is 249 g/mol. The zero-order chi connectivity index (χ0) is 13.0. The summed E-state index contributed by atoms with van der Waals surface area (Å²) >= 11 is 0. The maximum atomic E-state index is 5.57. The van der Waals surface area contributed by atoms with E-state index >= 15 is 0 Å². The third-order valence-electron chi connectivity index (χ3n) is 3.27. The van der Waals surface area contributed by atoms with Gasteiger partial charge >= 0.3 is 0 Å². The second-order valence-corrected chi connectivity index (χ2v) is 4.88. The number of hydrogen-bond donors (Lipinski definition) is 1. The Morgan fingerprint density at radius 1 is 1.39 bits per heavy atom. The lowest BCUT2D eigenvalue weighted by Crippen LogP contribution is -2.13. The van der Waals surface area contributed by atoms with Crippen molar-refractivity contribution in [1.29, 1.82) is 0 Å². The maximum absolute atomic E-state index is 5.57. The lowest BCUT2D eigenvalue weighted by Gasteiger charge is -2.15. The minimum absolute atomic E-state index is 0.0682. The molecule has 1 unspecified atom stereocenters. The van der Waals surface area contributed by atoms with Crippen LogP contribution in [0.4, 0.5) is 5.82 Å². The molecule has 1 saturated carbocycles. The number of nitrogens with one attached hydrogen (secondary N) is 1. The summed E-state index contributed by atoms with van der Waals surface area (Å²) in [5, 5.41) is 3.34. The van der Waals surface area contributed by atoms with Crippen molar-refractivity contribution < 1.29 is 4.74 Å². The summed E-state index contributed by atoms with van der Waals surface area (Å²) in [5.41, 5.74) is 1.08. The van der Waals surface area contributed by atoms with Gasteiger partial charge in [-0.05, 0) is 31.6 Å². The maximum Gasteiger partial charge on any atom is 0.159 e. The van der Waals surface area contributed by atoms with E-state index in [0.717, 1.165) is 36.7 Å². The normalized spacial score (nSPS) is 16.6. The highest BCUT2D eigenvalue weighted by Crippen LogP contribution is 2.42. The van der Waals surface area contributed by atoms with Crippen molar-refractivity contribution in [2.45, 2.75) is 45.6 Å². The zero-order valence-corrected chi connectivity index (χ0v) is 11.6. The monoisotopic (exact) mass is 249 g/mol. The third kappa shape index (κ3) is 3.19. The molecule has 0 saturated heterocycles. The lowest BCUT2D eigenvalue weighted by atomic mass is 10.2. The fraction of sp³-hybridized carbons (Fsp3) is 0.714. The van der Waals surface area contributed by atoms with E-state index in [0.29, 0.717) is 5.92 Å². The van der Waals surface area contributed by atoms with Crippen LogP contribution >= 0.6 is 0 Å². The van der Waals surface area contributed by atoms with Gasteiger partial charge in [0.25, 0.3) is 0 Å². The van der Waals surface area contributed by atoms with Gasteiger partial charge in [0.15, 0.2) is 5.82 Å². The molecular weight excluding hydrogens is 226 g/mol. The summed E-state index contributed by atoms with van der Waals surface area (Å²) in [7, 11) is 1.75. The molecule has 1 N–H and O–H groups in total. The number of anilines is 1. The van der Waals surface area contributed by atoms with Gasteiger partial charge in [-0.2, -0.15) is 0 Å². The molecule has 4 nitrogen and oxygen atoms in total. The molecule has 1 aliphatic carbocycles. The van der Waals surface area contributed by atoms with Crippen LogP contribution in [0.15, 0.2) is 6.07 Å². The van der Waals surface area contributed by atoms with Gasteiger partial charge in [-0.25, -0.2) is 9.97 Å². The molecule has 1 aromatic heterocycles. The Balaban J connectivity index is 2.21. The van der Waals surface area contributed by atoms with Crippen LogP contribution in [-0.2, 0) is 11.2 Å². The van der Waals surface area contributed by atoms with Crippen LogP contribution in [0.5, 0.6) is 0 Å². The Kier molecular flexibility index (Phi) is 4.53. The van der Waals surface area contributed by atoms with Gasteiger partial charge in [0.2, 0.25) is 0 Å². The highest BCUT2D eigenvalue weighted by molar-refractivity contribution is 5.36. The van der Waals surface area contributed by atoms with Crippen molar-refractivity contribution in [3.05, 3.63) is 17.6 Å². The van der Waals surface area contributed by atoms with E-state index in [9.17, 15) is 0 Å². The summed E-state index contributed by atoms with van der Waals surface area (Å²) in [4.78, 5) is 9.22. The molecule has 0 spiro atoms. The fourth-order valence-electron chi connectivity index (χ4n) is 2.08. The topological polar surface area (TPSA) is 47.0 Å². The highest BCUT2D eigenvalue weighted by atomic mass is 16.5. The van der Waals surface area contributed by atoms with Gasteiger partial charge in [-0.15, -0.1) is 0 Å². The van der Waals surface area contributed by atoms with E-state index in [2.05, 4.69) is 29.1 Å². The van der Waals surface area contributed by atoms with Crippen LogP contribution in [0.25, 0.3) is 0 Å². The average Bonchev–Trinajstić information content (AvgIpc) is 3.21. The molecule has 0 bridgehead atoms. The van der Waals surface area contributed by atoms with Crippen molar-refractivity contribution in [2.75, 3.05) is 19.0 Å². The number of ether oxygens (including phenoxy) is 1. The van der Waals surface area contributed by atoms with Crippen LogP contribution in [0.1, 0.15) is 50.7 Å². The van der Waals surface area contributed by atoms with Crippen molar-refractivity contribution in [2.24, 2.45) is 5.92 Å². The smallest absolute Gasteiger partial charge is 0.159 e. The molecule has 1 aliphatic rings. The molecule has 0 aromatic carbocycles. The Morgan fingerprint density at radius 2 is 2.17 bits per heavy atom. The number of aryl methyl sites for hydroxylation is 1. The van der Waals surface area contributed by atoms with Crippen molar-refractivity contribution in [3.63, 3.8) is 0 Å². The second kappa shape index (κ2) is 6.14. The number of hydrogen-bond acceptors (Lipinski definition) is 4. The first-order valence-corrected chi connectivity index (χ1v) is 6.93. The first-order valence-electron chi connectivity index (χ1n) is 6.93. The highest BCUT2D eigenvalue weighted by Gasteiger charge is 2.34. The molecule has 2 rings (SSSR count). The minimum atomic E-state index is 0.0682. The molecule has 1 atom stereocenters. The zero-order valence-electron chi connectivity index (χ0n) is 11.6. The van der Waals surface area contributed by atoms with E-state index in [-0.39, 0.29) is 6.10 Å². The van der Waals surface area contributed by atoms with E-state index in [1.54, 1.807) is 7.11 Å². The van der Waals surface area contributed by atoms with Crippen LogP contribution < -0.4 is 5.32 Å². The van der Waals surface area contributed by atoms with Crippen molar-refractivity contribution >= 4 is 5.82 Å². The molecule has 0 radical (unpaired) electrons. The van der Waals surface area contributed by atoms with Crippen molar-refractivity contribution in [3.8, 4) is 0 Å². The largest absolute Gasteiger partial charge is 0.373 e. The number of methoxy groups -OCH3 is 1. The Hall–Kier alpha value is -1.16. The first kappa shape index (κ1) is 13.3. The molecule has 1 fully saturated rings. The van der Waals surface area contributed by atoms with Crippen molar-refractivity contribution in [1.82, 2.24) is 9.97 Å². The third-order valence-corrected chi connectivity index (χ3v) is 3.27. The summed E-state index contributed by atoms with van der Waals surface area (Å²) in [6.45, 7) is 5.22. The van der Waals surface area contributed by atoms with E-state index in [1.807, 2.05) is 6.07 Å². The fourth-order valence-corrected chi connectivity index (χ4v) is 2.08. The van der Waals surface area contributed by atoms with E-state index < -0.39 is 0 Å². The summed E-state index contributed by atoms with van der Waals surface area (Å²) < 4.78 is 5.57. The standard InChI is InChI=1S/C14H23N3O/c1-4-8-15-12-9-11(5-2)16-14(17-12)13(18-3)10-6-7-10/h9-10,13H,4-8H2,1-3H3,(H,15,16,17). The molecule has 1 heterocycles. The summed E-state index contributed by atoms with van der Waals surface area (Å²) in [6.07, 6.45) is 4.55. The second-order valence-electron chi connectivity index (χ2n) is 4.88. The molecule has 100 valence electrons. The van der Waals surface area contributed by atoms with Crippen LogP contribution in [-0.4, -0.2) is 23.6 Å². The Labute approximate surface area is 109 Å². The van der Waals surface area contributed by atoms with Crippen LogP contribution in [0.2, 0.25) is 0 Å². The number of nitrogens with zero attached hydrogens (tertiary/aromatic N) is 2. The number of rotatable bonds is 7. The van der Waals surface area contributed by atoms with Gasteiger partial charge < -0.3 is 10.1 Å². The van der Waals surface area contributed by atoms with Gasteiger partial charge in [-0.1, -0.05) is 13.8 Å². The van der Waals surface area contributed by atoms with Gasteiger partial charge in [0, 0.05) is 25.4 Å². The first-order chi connectivity index (χ1) is 8.78. The van der Waals surface area contributed by atoms with Gasteiger partial charge in [0.05, 0.1) is 0 Å². The SMILES string of the molecule is CCCNc1cc(CC)nc(C(OC)C2CC2)n1. The quantitative estimate of drug-likeness (QED) is 0.807. The van der Waals surface area contributed by atoms with Crippen LogP contribution in [0, 0.1) is 5.92 Å². The molecule has 18 heavy (non-hydrogen) atoms. The Bertz CT molecular complexity index is 391. The van der Waals surface area contributed by atoms with Gasteiger partial charge in [0.1, 0.15) is 11.9 Å². The van der Waals surface area contributed by atoms with E-state index in [4.69, 9.17) is 4.74 Å². The minimum Gasteiger partial charge on any atom is -0.373 e. The predicted octanol–water partition coefficient (Wildman–Crippen LogP) is 2.96. The molecule has 1 aromatic rings. The van der Waals surface area contributed by atoms with Crippen LogP contribution in [0.3, 0.4) is 0 Å². The molecular formula is C14H23N3O. The summed E-state index contributed by atoms with van der Waals surface area (Å²) in [6, 6.07) is 2.04. The van der Waals surface area contributed by atoms with E-state index in [1.165, 1.54) is 12.8 Å². The number of aromatic nitrogens is 2. The van der Waals surface area contributed by atoms with Gasteiger partial charge in [-0.3, -0.25) is 0 Å². The summed E-state index contributed by atoms with van der Waals surface area (Å²) in [5.74, 6) is 2.39. The Morgan fingerprint density at radius 3 is 2.72 bits per heavy atom. The molecule has 0 amide bonds. The molecule has 0 aliphatic heterocycles.